The van der Waals surface area contributed by atoms with Crippen molar-refractivity contribution in [3.63, 3.8) is 0 Å². The summed E-state index contributed by atoms with van der Waals surface area (Å²) < 4.78 is 2.08. The molecule has 2 aromatic heterocycles. The fourth-order valence-corrected chi connectivity index (χ4v) is 3.88. The van der Waals surface area contributed by atoms with E-state index in [0.717, 1.165) is 31.8 Å². The number of nitrogens with one attached hydrogen (secondary N) is 2. The third-order valence-electron chi connectivity index (χ3n) is 4.57. The highest BCUT2D eigenvalue weighted by Crippen LogP contribution is 2.22. The molecular formula is C18H28IN5S. The van der Waals surface area contributed by atoms with Crippen LogP contribution in [-0.2, 0) is 19.4 Å². The van der Waals surface area contributed by atoms with E-state index in [0.29, 0.717) is 12.1 Å². The number of halogens is 1. The van der Waals surface area contributed by atoms with E-state index in [1.54, 1.807) is 11.3 Å². The van der Waals surface area contributed by atoms with Crippen LogP contribution in [0.3, 0.4) is 0 Å². The van der Waals surface area contributed by atoms with Crippen LogP contribution in [0, 0.1) is 6.92 Å². The van der Waals surface area contributed by atoms with Crippen LogP contribution in [0.25, 0.3) is 0 Å². The molecule has 2 aromatic rings. The maximum absolute atomic E-state index is 4.75. The van der Waals surface area contributed by atoms with Gasteiger partial charge in [0.1, 0.15) is 0 Å². The first kappa shape index (κ1) is 20.2. The molecule has 1 atom stereocenters. The summed E-state index contributed by atoms with van der Waals surface area (Å²) in [4.78, 5) is 5.73. The molecule has 0 spiro atoms. The first-order chi connectivity index (χ1) is 11.6. The molecule has 2 N–H and O–H groups in total. The molecule has 0 aliphatic heterocycles. The fourth-order valence-electron chi connectivity index (χ4n) is 3.04. The lowest BCUT2D eigenvalue weighted by Crippen LogP contribution is -2.45. The van der Waals surface area contributed by atoms with Crippen molar-refractivity contribution in [3.8, 4) is 0 Å². The number of guanidine groups is 1. The average molecular weight is 473 g/mol. The van der Waals surface area contributed by atoms with Gasteiger partial charge in [-0.2, -0.15) is 5.10 Å². The first-order valence-electron chi connectivity index (χ1n) is 8.64. The third-order valence-corrected chi connectivity index (χ3v) is 5.60. The van der Waals surface area contributed by atoms with Crippen molar-refractivity contribution >= 4 is 41.3 Å². The van der Waals surface area contributed by atoms with Crippen LogP contribution < -0.4 is 10.6 Å². The Balaban J connectivity index is 0.00000225. The van der Waals surface area contributed by atoms with Gasteiger partial charge in [0.05, 0.1) is 12.2 Å². The number of hydrogen-bond donors (Lipinski definition) is 2. The Labute approximate surface area is 171 Å². The number of aromatic nitrogens is 2. The van der Waals surface area contributed by atoms with Gasteiger partial charge in [0.25, 0.3) is 0 Å². The van der Waals surface area contributed by atoms with Gasteiger partial charge in [-0.05, 0) is 56.2 Å². The molecule has 0 amide bonds. The van der Waals surface area contributed by atoms with Crippen LogP contribution in [0.1, 0.15) is 48.0 Å². The smallest absolute Gasteiger partial charge is 0.191 e. The van der Waals surface area contributed by atoms with Crippen molar-refractivity contribution < 1.29 is 0 Å². The zero-order chi connectivity index (χ0) is 17.1. The average Bonchev–Trinajstić information content (AvgIpc) is 3.17. The van der Waals surface area contributed by atoms with Crippen molar-refractivity contribution in [2.24, 2.45) is 4.99 Å². The van der Waals surface area contributed by atoms with E-state index in [2.05, 4.69) is 58.7 Å². The largest absolute Gasteiger partial charge is 0.353 e. The van der Waals surface area contributed by atoms with Gasteiger partial charge >= 0.3 is 0 Å². The van der Waals surface area contributed by atoms with Crippen LogP contribution in [0.2, 0.25) is 0 Å². The van der Waals surface area contributed by atoms with Crippen LogP contribution in [0.15, 0.2) is 22.6 Å². The van der Waals surface area contributed by atoms with E-state index in [1.807, 2.05) is 7.05 Å². The summed E-state index contributed by atoms with van der Waals surface area (Å²) in [6.45, 7) is 7.32. The standard InChI is InChI=1S/C18H27N5S.HI/c1-12(2)23-11-14-5-6-15(9-16(14)22-23)21-18(19-4)20-10-17-13(3)7-8-24-17;/h7-8,11-12,15H,5-6,9-10H2,1-4H3,(H2,19,20,21);1H. The topological polar surface area (TPSA) is 54.2 Å². The molecule has 1 aliphatic carbocycles. The summed E-state index contributed by atoms with van der Waals surface area (Å²) in [5.74, 6) is 0.875. The van der Waals surface area contributed by atoms with Gasteiger partial charge in [-0.15, -0.1) is 35.3 Å². The van der Waals surface area contributed by atoms with E-state index < -0.39 is 0 Å². The molecule has 25 heavy (non-hydrogen) atoms. The van der Waals surface area contributed by atoms with Gasteiger partial charge in [-0.3, -0.25) is 9.67 Å². The van der Waals surface area contributed by atoms with Gasteiger partial charge in [-0.1, -0.05) is 0 Å². The summed E-state index contributed by atoms with van der Waals surface area (Å²) in [5, 5.41) is 13.9. The van der Waals surface area contributed by atoms with Gasteiger partial charge in [0.15, 0.2) is 5.96 Å². The number of nitrogens with zero attached hydrogens (tertiary/aromatic N) is 3. The van der Waals surface area contributed by atoms with E-state index in [1.165, 1.54) is 21.7 Å². The number of aryl methyl sites for hydroxylation is 2. The van der Waals surface area contributed by atoms with Crippen molar-refractivity contribution in [1.29, 1.82) is 0 Å². The molecule has 1 unspecified atom stereocenters. The normalized spacial score (nSPS) is 17.2. The second kappa shape index (κ2) is 9.02. The number of fused-ring (bicyclic) bond motifs is 1. The molecule has 5 nitrogen and oxygen atoms in total. The van der Waals surface area contributed by atoms with Crippen LogP contribution in [-0.4, -0.2) is 28.8 Å². The molecule has 0 saturated carbocycles. The molecule has 3 rings (SSSR count). The molecule has 7 heteroatoms. The van der Waals surface area contributed by atoms with Crippen LogP contribution >= 0.6 is 35.3 Å². The minimum atomic E-state index is 0. The van der Waals surface area contributed by atoms with Crippen LogP contribution in [0.4, 0.5) is 0 Å². The minimum Gasteiger partial charge on any atom is -0.353 e. The molecule has 1 aliphatic rings. The van der Waals surface area contributed by atoms with E-state index in [9.17, 15) is 0 Å². The van der Waals surface area contributed by atoms with Crippen LogP contribution in [0.5, 0.6) is 0 Å². The Kier molecular flexibility index (Phi) is 7.30. The Hall–Kier alpha value is -1.09. The van der Waals surface area contributed by atoms with Crippen molar-refractivity contribution in [2.45, 2.75) is 58.7 Å². The lowest BCUT2D eigenvalue weighted by Gasteiger charge is -2.24. The number of rotatable bonds is 4. The van der Waals surface area contributed by atoms with E-state index in [-0.39, 0.29) is 24.0 Å². The van der Waals surface area contributed by atoms with Gasteiger partial charge < -0.3 is 10.6 Å². The maximum atomic E-state index is 4.75. The van der Waals surface area contributed by atoms with Crippen molar-refractivity contribution in [3.05, 3.63) is 39.3 Å². The lowest BCUT2D eigenvalue weighted by molar-refractivity contribution is 0.499. The molecule has 0 aromatic carbocycles. The van der Waals surface area contributed by atoms with E-state index in [4.69, 9.17) is 5.10 Å². The second-order valence-corrected chi connectivity index (χ2v) is 7.71. The zero-order valence-corrected chi connectivity index (χ0v) is 18.5. The monoisotopic (exact) mass is 473 g/mol. The molecule has 0 radical (unpaired) electrons. The molecule has 0 fully saturated rings. The summed E-state index contributed by atoms with van der Waals surface area (Å²) in [7, 11) is 1.83. The Morgan fingerprint density at radius 2 is 2.28 bits per heavy atom. The summed E-state index contributed by atoms with van der Waals surface area (Å²) in [5.41, 5.74) is 3.97. The number of hydrogen-bond acceptors (Lipinski definition) is 3. The van der Waals surface area contributed by atoms with Crippen molar-refractivity contribution in [1.82, 2.24) is 20.4 Å². The highest BCUT2D eigenvalue weighted by molar-refractivity contribution is 14.0. The Morgan fingerprint density at radius 1 is 1.48 bits per heavy atom. The van der Waals surface area contributed by atoms with Gasteiger partial charge in [0, 0.05) is 36.6 Å². The third kappa shape index (κ3) is 4.97. The Bertz CT molecular complexity index is 719. The summed E-state index contributed by atoms with van der Waals surface area (Å²) >= 11 is 1.79. The second-order valence-electron chi connectivity index (χ2n) is 6.71. The molecular weight excluding hydrogens is 445 g/mol. The van der Waals surface area contributed by atoms with Gasteiger partial charge in [0.2, 0.25) is 0 Å². The number of aliphatic imine (C=N–C) groups is 1. The molecule has 2 heterocycles. The first-order valence-corrected chi connectivity index (χ1v) is 9.52. The minimum absolute atomic E-state index is 0. The van der Waals surface area contributed by atoms with Crippen molar-refractivity contribution in [2.75, 3.05) is 7.05 Å². The fraction of sp³-hybridized carbons (Fsp3) is 0.556. The summed E-state index contributed by atoms with van der Waals surface area (Å²) in [6, 6.07) is 2.97. The highest BCUT2D eigenvalue weighted by Gasteiger charge is 2.23. The quantitative estimate of drug-likeness (QED) is 0.405. The Morgan fingerprint density at radius 3 is 2.92 bits per heavy atom. The molecule has 0 saturated heterocycles. The number of thiophene rings is 1. The zero-order valence-electron chi connectivity index (χ0n) is 15.4. The highest BCUT2D eigenvalue weighted by atomic mass is 127. The molecule has 138 valence electrons. The predicted octanol–water partition coefficient (Wildman–Crippen LogP) is 3.67. The lowest BCUT2D eigenvalue weighted by atomic mass is 9.94. The summed E-state index contributed by atoms with van der Waals surface area (Å²) in [6.07, 6.45) is 5.38. The van der Waals surface area contributed by atoms with Gasteiger partial charge in [-0.25, -0.2) is 0 Å². The molecule has 0 bridgehead atoms. The maximum Gasteiger partial charge on any atom is 0.191 e. The van der Waals surface area contributed by atoms with E-state index >= 15 is 0 Å². The predicted molar refractivity (Wildman–Crippen MR) is 116 cm³/mol. The SMILES string of the molecule is CN=C(NCc1sccc1C)NC1CCc2cn(C(C)C)nc2C1.I.